The molecule has 1 aliphatic heterocycles. The lowest BCUT2D eigenvalue weighted by Crippen LogP contribution is -2.32. The summed E-state index contributed by atoms with van der Waals surface area (Å²) in [6, 6.07) is 5.60. The number of aliphatic imine (C=N–C) groups is 2. The standard InChI is InChI=1S/C28H40N4O5/c1-35-24-12-9-13-25(36-2)27(24)23(30-20-10-5-6-11-20)19-22(29)28(34)31-21(18-26(33)37-3)14-17-32-15-7-4-8-16-32/h9,12-13,19-20H,4-8,10-11,14-18,29H2,1-3H3. The molecule has 2 N–H and O–H groups in total. The molecular weight excluding hydrogens is 472 g/mol. The fourth-order valence-electron chi connectivity index (χ4n) is 4.82. The van der Waals surface area contributed by atoms with E-state index < -0.39 is 11.9 Å². The van der Waals surface area contributed by atoms with E-state index >= 15 is 0 Å². The van der Waals surface area contributed by atoms with Crippen molar-refractivity contribution in [3.05, 3.63) is 35.5 Å². The maximum atomic E-state index is 13.1. The van der Waals surface area contributed by atoms with Gasteiger partial charge >= 0.3 is 5.97 Å². The first-order chi connectivity index (χ1) is 17.9. The molecule has 1 aromatic carbocycles. The average molecular weight is 513 g/mol. The zero-order valence-electron chi connectivity index (χ0n) is 22.3. The second-order valence-corrected chi connectivity index (χ2v) is 9.48. The van der Waals surface area contributed by atoms with Crippen LogP contribution >= 0.6 is 0 Å². The number of likely N-dealkylation sites (tertiary alicyclic amines) is 1. The summed E-state index contributed by atoms with van der Waals surface area (Å²) in [5.74, 6) is 0.105. The normalized spacial score (nSPS) is 18.1. The van der Waals surface area contributed by atoms with Crippen molar-refractivity contribution in [2.45, 2.75) is 63.8 Å². The third kappa shape index (κ3) is 8.42. The molecule has 0 aromatic heterocycles. The summed E-state index contributed by atoms with van der Waals surface area (Å²) in [5, 5.41) is 0. The number of piperidine rings is 1. The molecule has 9 nitrogen and oxygen atoms in total. The molecule has 37 heavy (non-hydrogen) atoms. The zero-order valence-corrected chi connectivity index (χ0v) is 22.3. The van der Waals surface area contributed by atoms with Crippen molar-refractivity contribution >= 4 is 23.3 Å². The number of benzene rings is 1. The van der Waals surface area contributed by atoms with E-state index in [2.05, 4.69) is 9.89 Å². The average Bonchev–Trinajstić information content (AvgIpc) is 3.44. The Morgan fingerprint density at radius 3 is 2.27 bits per heavy atom. The van der Waals surface area contributed by atoms with Gasteiger partial charge in [-0.25, -0.2) is 4.99 Å². The predicted molar refractivity (Wildman–Crippen MR) is 145 cm³/mol. The van der Waals surface area contributed by atoms with E-state index in [1.54, 1.807) is 20.3 Å². The number of allylic oxidation sites excluding steroid dienone is 1. The van der Waals surface area contributed by atoms with Gasteiger partial charge in [-0.2, -0.15) is 0 Å². The number of carbonyl (C=O) groups is 2. The molecular formula is C28H40N4O5. The van der Waals surface area contributed by atoms with Crippen molar-refractivity contribution in [3.63, 3.8) is 0 Å². The lowest BCUT2D eigenvalue weighted by Gasteiger charge is -2.26. The topological polar surface area (TPSA) is 116 Å². The van der Waals surface area contributed by atoms with Gasteiger partial charge in [0.25, 0.3) is 5.91 Å². The summed E-state index contributed by atoms with van der Waals surface area (Å²) in [4.78, 5) is 36.7. The molecule has 9 heteroatoms. The minimum Gasteiger partial charge on any atom is -0.496 e. The number of hydrogen-bond acceptors (Lipinski definition) is 8. The molecule has 1 heterocycles. The minimum absolute atomic E-state index is 0.0489. The Kier molecular flexibility index (Phi) is 11.1. The summed E-state index contributed by atoms with van der Waals surface area (Å²) in [7, 11) is 4.48. The molecule has 0 radical (unpaired) electrons. The molecule has 0 bridgehead atoms. The van der Waals surface area contributed by atoms with Crippen LogP contribution in [0.3, 0.4) is 0 Å². The molecule has 2 aliphatic rings. The maximum absolute atomic E-state index is 13.1. The van der Waals surface area contributed by atoms with Gasteiger partial charge in [0.1, 0.15) is 17.2 Å². The van der Waals surface area contributed by atoms with Gasteiger partial charge in [0.15, 0.2) is 0 Å². The lowest BCUT2D eigenvalue weighted by atomic mass is 10.0. The van der Waals surface area contributed by atoms with Gasteiger partial charge in [-0.1, -0.05) is 25.3 Å². The van der Waals surface area contributed by atoms with Crippen LogP contribution in [0.15, 0.2) is 40.0 Å². The number of hydrogen-bond donors (Lipinski definition) is 1. The number of rotatable bonds is 11. The highest BCUT2D eigenvalue weighted by atomic mass is 16.5. The highest BCUT2D eigenvalue weighted by molar-refractivity contribution is 6.16. The lowest BCUT2D eigenvalue weighted by molar-refractivity contribution is -0.139. The fourth-order valence-corrected chi connectivity index (χ4v) is 4.82. The van der Waals surface area contributed by atoms with Crippen molar-refractivity contribution < 1.29 is 23.8 Å². The monoisotopic (exact) mass is 512 g/mol. The Hall–Kier alpha value is -3.20. The van der Waals surface area contributed by atoms with E-state index in [1.807, 2.05) is 18.2 Å². The van der Waals surface area contributed by atoms with E-state index in [0.717, 1.165) is 58.2 Å². The molecule has 1 aliphatic carbocycles. The number of esters is 1. The van der Waals surface area contributed by atoms with E-state index in [0.29, 0.717) is 34.9 Å². The van der Waals surface area contributed by atoms with Crippen LogP contribution in [0.5, 0.6) is 11.5 Å². The van der Waals surface area contributed by atoms with Crippen LogP contribution in [0.1, 0.15) is 63.4 Å². The van der Waals surface area contributed by atoms with E-state index in [9.17, 15) is 9.59 Å². The first-order valence-electron chi connectivity index (χ1n) is 13.1. The molecule has 0 spiro atoms. The first-order valence-corrected chi connectivity index (χ1v) is 13.1. The maximum Gasteiger partial charge on any atom is 0.311 e. The Morgan fingerprint density at radius 2 is 1.68 bits per heavy atom. The van der Waals surface area contributed by atoms with E-state index in [1.165, 1.54) is 13.5 Å². The van der Waals surface area contributed by atoms with Crippen LogP contribution in [0, 0.1) is 0 Å². The van der Waals surface area contributed by atoms with Crippen molar-refractivity contribution in [2.75, 3.05) is 41.0 Å². The second-order valence-electron chi connectivity index (χ2n) is 9.48. The van der Waals surface area contributed by atoms with Crippen LogP contribution in [0.2, 0.25) is 0 Å². The Labute approximate surface area is 219 Å². The number of carbonyl (C=O) groups excluding carboxylic acids is 2. The number of methoxy groups -OCH3 is 3. The summed E-state index contributed by atoms with van der Waals surface area (Å²) < 4.78 is 16.0. The molecule has 1 amide bonds. The number of nitrogens with zero attached hydrogens (tertiary/aromatic N) is 3. The molecule has 202 valence electrons. The molecule has 0 atom stereocenters. The third-order valence-corrected chi connectivity index (χ3v) is 6.87. The molecule has 2 fully saturated rings. The molecule has 1 aromatic rings. The molecule has 0 unspecified atom stereocenters. The van der Waals surface area contributed by atoms with Crippen molar-refractivity contribution in [2.24, 2.45) is 15.7 Å². The minimum atomic E-state index is -0.606. The van der Waals surface area contributed by atoms with Gasteiger partial charge in [0, 0.05) is 12.3 Å². The summed E-state index contributed by atoms with van der Waals surface area (Å²) in [5.41, 5.74) is 7.83. The Balaban J connectivity index is 1.90. The zero-order chi connectivity index (χ0) is 26.6. The Morgan fingerprint density at radius 1 is 1.03 bits per heavy atom. The first kappa shape index (κ1) is 28.4. The third-order valence-electron chi connectivity index (χ3n) is 6.87. The van der Waals surface area contributed by atoms with Crippen LogP contribution in [-0.4, -0.2) is 75.2 Å². The van der Waals surface area contributed by atoms with Crippen LogP contribution in [0.4, 0.5) is 0 Å². The van der Waals surface area contributed by atoms with Gasteiger partial charge in [-0.15, -0.1) is 0 Å². The van der Waals surface area contributed by atoms with Crippen LogP contribution in [0.25, 0.3) is 0 Å². The van der Waals surface area contributed by atoms with Crippen LogP contribution in [-0.2, 0) is 14.3 Å². The molecule has 1 saturated heterocycles. The summed E-state index contributed by atoms with van der Waals surface area (Å²) in [6.07, 6.45) is 9.72. The highest BCUT2D eigenvalue weighted by Gasteiger charge is 2.21. The van der Waals surface area contributed by atoms with Gasteiger partial charge in [0.05, 0.1) is 45.1 Å². The fraction of sp³-hybridized carbons (Fsp3) is 0.571. The van der Waals surface area contributed by atoms with Gasteiger partial charge in [-0.05, 0) is 63.4 Å². The highest BCUT2D eigenvalue weighted by Crippen LogP contribution is 2.31. The summed E-state index contributed by atoms with van der Waals surface area (Å²) >= 11 is 0. The quantitative estimate of drug-likeness (QED) is 0.273. The van der Waals surface area contributed by atoms with Crippen LogP contribution < -0.4 is 15.2 Å². The van der Waals surface area contributed by atoms with Crippen molar-refractivity contribution in [3.8, 4) is 11.5 Å². The van der Waals surface area contributed by atoms with Gasteiger partial charge in [-0.3, -0.25) is 14.6 Å². The van der Waals surface area contributed by atoms with Gasteiger partial charge in [0.2, 0.25) is 0 Å². The second kappa shape index (κ2) is 14.5. The van der Waals surface area contributed by atoms with Crippen molar-refractivity contribution in [1.82, 2.24) is 4.90 Å². The number of nitrogens with two attached hydrogens (primary N) is 1. The largest absolute Gasteiger partial charge is 0.496 e. The van der Waals surface area contributed by atoms with Crippen molar-refractivity contribution in [1.29, 1.82) is 0 Å². The van der Waals surface area contributed by atoms with E-state index in [4.69, 9.17) is 24.9 Å². The SMILES string of the molecule is COC(=O)CC(CCN1CCCCC1)=NC(=O)C(N)=CC(=NC1CCCC1)c1c(OC)cccc1OC. The molecule has 1 saturated carbocycles. The predicted octanol–water partition coefficient (Wildman–Crippen LogP) is 3.68. The summed E-state index contributed by atoms with van der Waals surface area (Å²) in [6.45, 7) is 2.77. The number of ether oxygens (including phenoxy) is 3. The van der Waals surface area contributed by atoms with E-state index in [-0.39, 0.29) is 18.2 Å². The number of amides is 1. The molecule has 3 rings (SSSR count). The smallest absolute Gasteiger partial charge is 0.311 e. The van der Waals surface area contributed by atoms with Gasteiger partial charge < -0.3 is 24.8 Å². The Bertz CT molecular complexity index is 999.